The van der Waals surface area contributed by atoms with Gasteiger partial charge >= 0.3 is 0 Å². The Bertz CT molecular complexity index is 338. The van der Waals surface area contributed by atoms with Gasteiger partial charge in [-0.05, 0) is 11.1 Å². The smallest absolute Gasteiger partial charge is 0.0952 e. The molecular weight excluding hydrogens is 216 g/mol. The Balaban J connectivity index is 2.00. The molecule has 0 amide bonds. The molecule has 94 valence electrons. The molecule has 1 saturated heterocycles. The summed E-state index contributed by atoms with van der Waals surface area (Å²) in [6, 6.07) is 8.25. The minimum atomic E-state index is 0.113. The lowest BCUT2D eigenvalue weighted by atomic mass is 10.1. The van der Waals surface area contributed by atoms with Gasteiger partial charge in [-0.15, -0.1) is 0 Å². The molecule has 1 unspecified atom stereocenters. The molecule has 0 radical (unpaired) electrons. The van der Waals surface area contributed by atoms with E-state index in [0.717, 1.165) is 31.8 Å². The van der Waals surface area contributed by atoms with Crippen molar-refractivity contribution < 1.29 is 9.84 Å². The van der Waals surface area contributed by atoms with Crippen LogP contribution in [0.25, 0.3) is 0 Å². The molecule has 1 atom stereocenters. The highest BCUT2D eigenvalue weighted by molar-refractivity contribution is 5.24. The first kappa shape index (κ1) is 12.5. The van der Waals surface area contributed by atoms with Crippen molar-refractivity contribution in [2.24, 2.45) is 5.73 Å². The zero-order chi connectivity index (χ0) is 12.1. The lowest BCUT2D eigenvalue weighted by molar-refractivity contribution is -0.0337. The number of hydrogen-bond acceptors (Lipinski definition) is 4. The maximum Gasteiger partial charge on any atom is 0.0952 e. The van der Waals surface area contributed by atoms with Crippen molar-refractivity contribution in [2.45, 2.75) is 12.6 Å². The van der Waals surface area contributed by atoms with Gasteiger partial charge < -0.3 is 15.6 Å². The van der Waals surface area contributed by atoms with Crippen LogP contribution in [-0.2, 0) is 11.3 Å². The van der Waals surface area contributed by atoms with Gasteiger partial charge in [-0.2, -0.15) is 0 Å². The highest BCUT2D eigenvalue weighted by Gasteiger charge is 2.21. The topological polar surface area (TPSA) is 58.7 Å². The van der Waals surface area contributed by atoms with Crippen molar-refractivity contribution in [1.82, 2.24) is 4.90 Å². The zero-order valence-electron chi connectivity index (χ0n) is 10.0. The quantitative estimate of drug-likeness (QED) is 0.800. The van der Waals surface area contributed by atoms with Crippen molar-refractivity contribution in [3.05, 3.63) is 35.4 Å². The second-order valence-electron chi connectivity index (χ2n) is 4.33. The Hall–Kier alpha value is -0.940. The van der Waals surface area contributed by atoms with Gasteiger partial charge in [0.25, 0.3) is 0 Å². The monoisotopic (exact) mass is 236 g/mol. The molecular formula is C13H20N2O2. The molecule has 1 aliphatic rings. The standard InChI is InChI=1S/C13H20N2O2/c14-9-11-1-3-12(4-2-11)13-10-15(5-7-16)6-8-17-13/h1-4,13,16H,5-10,14H2. The summed E-state index contributed by atoms with van der Waals surface area (Å²) in [7, 11) is 0. The fourth-order valence-electron chi connectivity index (χ4n) is 2.12. The van der Waals surface area contributed by atoms with E-state index < -0.39 is 0 Å². The normalized spacial score (nSPS) is 21.6. The lowest BCUT2D eigenvalue weighted by Crippen LogP contribution is -2.39. The van der Waals surface area contributed by atoms with Crippen molar-refractivity contribution in [1.29, 1.82) is 0 Å². The molecule has 1 fully saturated rings. The van der Waals surface area contributed by atoms with Gasteiger partial charge in [0.15, 0.2) is 0 Å². The van der Waals surface area contributed by atoms with E-state index in [1.165, 1.54) is 5.56 Å². The molecule has 0 spiro atoms. The molecule has 0 bridgehead atoms. The number of nitrogens with two attached hydrogens (primary N) is 1. The highest BCUT2D eigenvalue weighted by Crippen LogP contribution is 2.22. The number of β-amino-alcohol motifs (C(OH)–C–C–N with tert-alkyl or cyclic N) is 1. The molecule has 1 aromatic rings. The predicted molar refractivity (Wildman–Crippen MR) is 66.6 cm³/mol. The van der Waals surface area contributed by atoms with Crippen LogP contribution in [0.3, 0.4) is 0 Å². The van der Waals surface area contributed by atoms with Gasteiger partial charge in [0.05, 0.1) is 19.3 Å². The van der Waals surface area contributed by atoms with Crippen LogP contribution in [0.1, 0.15) is 17.2 Å². The average molecular weight is 236 g/mol. The second kappa shape index (κ2) is 6.12. The van der Waals surface area contributed by atoms with Crippen LogP contribution in [0.4, 0.5) is 0 Å². The molecule has 4 heteroatoms. The predicted octanol–water partition coefficient (Wildman–Crippen LogP) is 0.511. The van der Waals surface area contributed by atoms with Gasteiger partial charge in [0.1, 0.15) is 0 Å². The number of aliphatic hydroxyl groups excluding tert-OH is 1. The molecule has 3 N–H and O–H groups in total. The average Bonchev–Trinajstić information content (AvgIpc) is 2.40. The summed E-state index contributed by atoms with van der Waals surface area (Å²) in [5, 5.41) is 8.95. The fraction of sp³-hybridized carbons (Fsp3) is 0.538. The molecule has 2 rings (SSSR count). The van der Waals surface area contributed by atoms with Gasteiger partial charge in [0, 0.05) is 26.2 Å². The van der Waals surface area contributed by atoms with Gasteiger partial charge in [0.2, 0.25) is 0 Å². The number of morpholine rings is 1. The SMILES string of the molecule is NCc1ccc(C2CN(CCO)CCO2)cc1. The third-order valence-electron chi connectivity index (χ3n) is 3.15. The molecule has 0 aliphatic carbocycles. The van der Waals surface area contributed by atoms with Crippen molar-refractivity contribution in [2.75, 3.05) is 32.8 Å². The summed E-state index contributed by atoms with van der Waals surface area (Å²) >= 11 is 0. The Morgan fingerprint density at radius 3 is 2.76 bits per heavy atom. The largest absolute Gasteiger partial charge is 0.395 e. The minimum absolute atomic E-state index is 0.113. The number of rotatable bonds is 4. The van der Waals surface area contributed by atoms with E-state index in [9.17, 15) is 0 Å². The number of hydrogen-bond donors (Lipinski definition) is 2. The molecule has 1 aliphatic heterocycles. The van der Waals surface area contributed by atoms with Gasteiger partial charge in [-0.1, -0.05) is 24.3 Å². The van der Waals surface area contributed by atoms with Crippen LogP contribution in [-0.4, -0.2) is 42.9 Å². The Morgan fingerprint density at radius 2 is 2.12 bits per heavy atom. The molecule has 0 aromatic heterocycles. The first-order valence-corrected chi connectivity index (χ1v) is 6.07. The Morgan fingerprint density at radius 1 is 1.35 bits per heavy atom. The summed E-state index contributed by atoms with van der Waals surface area (Å²) in [5.41, 5.74) is 7.89. The van der Waals surface area contributed by atoms with Crippen molar-refractivity contribution in [3.63, 3.8) is 0 Å². The van der Waals surface area contributed by atoms with E-state index >= 15 is 0 Å². The van der Waals surface area contributed by atoms with E-state index in [1.807, 2.05) is 12.1 Å². The van der Waals surface area contributed by atoms with Crippen molar-refractivity contribution in [3.8, 4) is 0 Å². The summed E-state index contributed by atoms with van der Waals surface area (Å²) in [6.45, 7) is 3.98. The Labute approximate surface area is 102 Å². The summed E-state index contributed by atoms with van der Waals surface area (Å²) < 4.78 is 5.76. The molecule has 4 nitrogen and oxygen atoms in total. The van der Waals surface area contributed by atoms with Crippen LogP contribution in [0.5, 0.6) is 0 Å². The third-order valence-corrected chi connectivity index (χ3v) is 3.15. The van der Waals surface area contributed by atoms with E-state index in [0.29, 0.717) is 6.54 Å². The first-order chi connectivity index (χ1) is 8.33. The summed E-state index contributed by atoms with van der Waals surface area (Å²) in [6.07, 6.45) is 0.113. The number of benzene rings is 1. The van der Waals surface area contributed by atoms with Crippen LogP contribution in [0.15, 0.2) is 24.3 Å². The van der Waals surface area contributed by atoms with Gasteiger partial charge in [-0.3, -0.25) is 4.90 Å². The van der Waals surface area contributed by atoms with Crippen LogP contribution in [0, 0.1) is 0 Å². The fourth-order valence-corrected chi connectivity index (χ4v) is 2.12. The minimum Gasteiger partial charge on any atom is -0.395 e. The van der Waals surface area contributed by atoms with E-state index in [2.05, 4.69) is 17.0 Å². The second-order valence-corrected chi connectivity index (χ2v) is 4.33. The maximum absolute atomic E-state index is 8.95. The zero-order valence-corrected chi connectivity index (χ0v) is 10.0. The lowest BCUT2D eigenvalue weighted by Gasteiger charge is -2.32. The summed E-state index contributed by atoms with van der Waals surface area (Å²) in [4.78, 5) is 2.23. The molecule has 1 aromatic carbocycles. The number of nitrogens with zero attached hydrogens (tertiary/aromatic N) is 1. The van der Waals surface area contributed by atoms with Gasteiger partial charge in [-0.25, -0.2) is 0 Å². The molecule has 0 saturated carbocycles. The molecule has 17 heavy (non-hydrogen) atoms. The van der Waals surface area contributed by atoms with E-state index in [4.69, 9.17) is 15.6 Å². The number of aliphatic hydroxyl groups is 1. The van der Waals surface area contributed by atoms with Crippen LogP contribution < -0.4 is 5.73 Å². The van der Waals surface area contributed by atoms with Crippen molar-refractivity contribution >= 4 is 0 Å². The van der Waals surface area contributed by atoms with E-state index in [-0.39, 0.29) is 12.7 Å². The van der Waals surface area contributed by atoms with Crippen LogP contribution >= 0.6 is 0 Å². The third kappa shape index (κ3) is 3.26. The maximum atomic E-state index is 8.95. The Kier molecular flexibility index (Phi) is 4.50. The molecule has 1 heterocycles. The number of ether oxygens (including phenoxy) is 1. The highest BCUT2D eigenvalue weighted by atomic mass is 16.5. The first-order valence-electron chi connectivity index (χ1n) is 6.07. The van der Waals surface area contributed by atoms with E-state index in [1.54, 1.807) is 0 Å². The van der Waals surface area contributed by atoms with Crippen LogP contribution in [0.2, 0.25) is 0 Å². The summed E-state index contributed by atoms with van der Waals surface area (Å²) in [5.74, 6) is 0.